The summed E-state index contributed by atoms with van der Waals surface area (Å²) >= 11 is 0. The average Bonchev–Trinajstić information content (AvgIpc) is 2.92. The molecule has 0 aromatic heterocycles. The summed E-state index contributed by atoms with van der Waals surface area (Å²) in [4.78, 5) is 12.1. The Hall–Kier alpha value is -0.830. The van der Waals surface area contributed by atoms with Gasteiger partial charge in [0.15, 0.2) is 0 Å². The highest BCUT2D eigenvalue weighted by Crippen LogP contribution is 2.44. The van der Waals surface area contributed by atoms with E-state index in [9.17, 15) is 4.79 Å². The van der Waals surface area contributed by atoms with Crippen molar-refractivity contribution < 1.29 is 14.3 Å². The molecular formula is C13H18O3. The number of esters is 1. The maximum absolute atomic E-state index is 12.1. The van der Waals surface area contributed by atoms with Gasteiger partial charge >= 0.3 is 5.97 Å². The molecule has 1 saturated heterocycles. The molecule has 0 N–H and O–H groups in total. The molecule has 1 aliphatic heterocycles. The van der Waals surface area contributed by atoms with Crippen LogP contribution in [0.15, 0.2) is 12.2 Å². The minimum atomic E-state index is -0.650. The fourth-order valence-corrected chi connectivity index (χ4v) is 3.17. The highest BCUT2D eigenvalue weighted by Gasteiger charge is 2.43. The van der Waals surface area contributed by atoms with E-state index >= 15 is 0 Å². The van der Waals surface area contributed by atoms with Gasteiger partial charge in [-0.2, -0.15) is 0 Å². The molecule has 88 valence electrons. The second kappa shape index (κ2) is 3.59. The Labute approximate surface area is 95.8 Å². The number of ether oxygens (including phenoxy) is 2. The third kappa shape index (κ3) is 1.67. The van der Waals surface area contributed by atoms with Crippen molar-refractivity contribution in [3.8, 4) is 0 Å². The van der Waals surface area contributed by atoms with E-state index in [0.717, 1.165) is 25.7 Å². The van der Waals surface area contributed by atoms with Crippen LogP contribution in [0.25, 0.3) is 0 Å². The highest BCUT2D eigenvalue weighted by atomic mass is 16.7. The largest absolute Gasteiger partial charge is 0.433 e. The average molecular weight is 222 g/mol. The topological polar surface area (TPSA) is 35.5 Å². The summed E-state index contributed by atoms with van der Waals surface area (Å²) in [6.45, 7) is 2.58. The van der Waals surface area contributed by atoms with E-state index in [-0.39, 0.29) is 11.9 Å². The van der Waals surface area contributed by atoms with Crippen LogP contribution in [0.1, 0.15) is 32.6 Å². The monoisotopic (exact) mass is 222 g/mol. The van der Waals surface area contributed by atoms with E-state index in [1.165, 1.54) is 0 Å². The lowest BCUT2D eigenvalue weighted by Gasteiger charge is -2.26. The Balaban J connectivity index is 1.63. The first-order valence-electron chi connectivity index (χ1n) is 6.21. The van der Waals surface area contributed by atoms with Crippen molar-refractivity contribution in [3.63, 3.8) is 0 Å². The van der Waals surface area contributed by atoms with E-state index in [0.29, 0.717) is 18.4 Å². The third-order valence-corrected chi connectivity index (χ3v) is 4.08. The number of rotatable bonds is 2. The van der Waals surface area contributed by atoms with Crippen LogP contribution < -0.4 is 0 Å². The second-order valence-electron chi connectivity index (χ2n) is 5.39. The minimum absolute atomic E-state index is 0.0544. The first-order valence-corrected chi connectivity index (χ1v) is 6.21. The van der Waals surface area contributed by atoms with Crippen molar-refractivity contribution in [2.75, 3.05) is 6.61 Å². The molecule has 2 aliphatic carbocycles. The molecule has 2 bridgehead atoms. The molecule has 3 aliphatic rings. The second-order valence-corrected chi connectivity index (χ2v) is 5.39. The Morgan fingerprint density at radius 3 is 2.88 bits per heavy atom. The van der Waals surface area contributed by atoms with Gasteiger partial charge in [0, 0.05) is 13.3 Å². The quantitative estimate of drug-likeness (QED) is 0.531. The summed E-state index contributed by atoms with van der Waals surface area (Å²) in [6, 6.07) is 0. The van der Waals surface area contributed by atoms with E-state index in [2.05, 4.69) is 12.2 Å². The third-order valence-electron chi connectivity index (χ3n) is 4.08. The molecule has 4 atom stereocenters. The van der Waals surface area contributed by atoms with Gasteiger partial charge in [0.2, 0.25) is 5.79 Å². The van der Waals surface area contributed by atoms with Gasteiger partial charge in [0.25, 0.3) is 0 Å². The van der Waals surface area contributed by atoms with Crippen LogP contribution in [-0.4, -0.2) is 18.4 Å². The number of fused-ring (bicyclic) bond motifs is 2. The van der Waals surface area contributed by atoms with Crippen LogP contribution in [0, 0.1) is 17.8 Å². The Bertz CT molecular complexity index is 328. The number of allylic oxidation sites excluding steroid dienone is 2. The minimum Gasteiger partial charge on any atom is -0.433 e. The summed E-state index contributed by atoms with van der Waals surface area (Å²) in [5, 5.41) is 0. The van der Waals surface area contributed by atoms with Crippen molar-refractivity contribution in [1.82, 2.24) is 0 Å². The molecule has 3 nitrogen and oxygen atoms in total. The lowest BCUT2D eigenvalue weighted by atomic mass is 9.94. The van der Waals surface area contributed by atoms with Crippen molar-refractivity contribution in [1.29, 1.82) is 0 Å². The normalized spacial score (nSPS) is 45.2. The smallest absolute Gasteiger partial charge is 0.312 e. The zero-order chi connectivity index (χ0) is 11.2. The number of hydrogen-bond acceptors (Lipinski definition) is 3. The van der Waals surface area contributed by atoms with E-state index in [1.807, 2.05) is 6.92 Å². The van der Waals surface area contributed by atoms with Crippen LogP contribution in [0.5, 0.6) is 0 Å². The molecule has 0 spiro atoms. The summed E-state index contributed by atoms with van der Waals surface area (Å²) in [5.41, 5.74) is 0. The van der Waals surface area contributed by atoms with Gasteiger partial charge in [-0.15, -0.1) is 0 Å². The van der Waals surface area contributed by atoms with Gasteiger partial charge in [-0.05, 0) is 31.1 Å². The van der Waals surface area contributed by atoms with Crippen LogP contribution >= 0.6 is 0 Å². The number of hydrogen-bond donors (Lipinski definition) is 0. The van der Waals surface area contributed by atoms with Crippen LogP contribution in [0.3, 0.4) is 0 Å². The zero-order valence-electron chi connectivity index (χ0n) is 9.65. The van der Waals surface area contributed by atoms with Gasteiger partial charge in [-0.25, -0.2) is 0 Å². The lowest BCUT2D eigenvalue weighted by Crippen LogP contribution is -2.34. The Kier molecular flexibility index (Phi) is 2.32. The first kappa shape index (κ1) is 10.3. The highest BCUT2D eigenvalue weighted by molar-refractivity contribution is 5.74. The summed E-state index contributed by atoms with van der Waals surface area (Å²) in [5.74, 6) is 0.405. The van der Waals surface area contributed by atoms with Crippen molar-refractivity contribution in [3.05, 3.63) is 12.2 Å². The lowest BCUT2D eigenvalue weighted by molar-refractivity contribution is -0.210. The fraction of sp³-hybridized carbons (Fsp3) is 0.769. The maximum atomic E-state index is 12.1. The van der Waals surface area contributed by atoms with E-state index < -0.39 is 5.79 Å². The predicted molar refractivity (Wildman–Crippen MR) is 58.5 cm³/mol. The molecule has 0 aromatic carbocycles. The molecule has 3 rings (SSSR count). The Morgan fingerprint density at radius 2 is 2.31 bits per heavy atom. The molecule has 1 saturated carbocycles. The van der Waals surface area contributed by atoms with Crippen molar-refractivity contribution in [2.24, 2.45) is 17.8 Å². The SMILES string of the molecule is C[C@]1(OC(=O)[C@@H]2C[C@H]3C=C[C@H]2C3)CCCO1. The molecule has 16 heavy (non-hydrogen) atoms. The van der Waals surface area contributed by atoms with Gasteiger partial charge in [0.1, 0.15) is 0 Å². The van der Waals surface area contributed by atoms with Crippen molar-refractivity contribution >= 4 is 5.97 Å². The molecule has 3 heteroatoms. The summed E-state index contributed by atoms with van der Waals surface area (Å²) in [7, 11) is 0. The van der Waals surface area contributed by atoms with Crippen LogP contribution in [-0.2, 0) is 14.3 Å². The van der Waals surface area contributed by atoms with Gasteiger partial charge in [-0.3, -0.25) is 4.79 Å². The van der Waals surface area contributed by atoms with Gasteiger partial charge < -0.3 is 9.47 Å². The van der Waals surface area contributed by atoms with Crippen LogP contribution in [0.4, 0.5) is 0 Å². The summed E-state index contributed by atoms with van der Waals surface area (Å²) in [6.07, 6.45) is 8.34. The Morgan fingerprint density at radius 1 is 1.44 bits per heavy atom. The molecule has 0 aromatic rings. The predicted octanol–water partition coefficient (Wildman–Crippen LogP) is 2.27. The molecule has 0 unspecified atom stereocenters. The molecule has 0 amide bonds. The molecule has 0 radical (unpaired) electrons. The van der Waals surface area contributed by atoms with Crippen LogP contribution in [0.2, 0.25) is 0 Å². The maximum Gasteiger partial charge on any atom is 0.312 e. The standard InChI is InChI=1S/C13H18O3/c1-13(5-2-6-15-13)16-12(14)11-8-9-3-4-10(11)7-9/h3-4,9-11H,2,5-8H2,1H3/t9-,10-,11+,13-/m0/s1. The zero-order valence-corrected chi connectivity index (χ0v) is 9.65. The molecule has 1 heterocycles. The van der Waals surface area contributed by atoms with Gasteiger partial charge in [0.05, 0.1) is 12.5 Å². The van der Waals surface area contributed by atoms with Gasteiger partial charge in [-0.1, -0.05) is 12.2 Å². The number of carbonyl (C=O) groups excluding carboxylic acids is 1. The first-order chi connectivity index (χ1) is 7.66. The van der Waals surface area contributed by atoms with Crippen molar-refractivity contribution in [2.45, 2.75) is 38.4 Å². The van der Waals surface area contributed by atoms with E-state index in [1.54, 1.807) is 0 Å². The summed E-state index contributed by atoms with van der Waals surface area (Å²) < 4.78 is 11.0. The molecule has 2 fully saturated rings. The molecular weight excluding hydrogens is 204 g/mol. The number of carbonyl (C=O) groups is 1. The van der Waals surface area contributed by atoms with E-state index in [4.69, 9.17) is 9.47 Å². The fourth-order valence-electron chi connectivity index (χ4n) is 3.17.